The van der Waals surface area contributed by atoms with Gasteiger partial charge in [-0.3, -0.25) is 4.79 Å². The van der Waals surface area contributed by atoms with Crippen LogP contribution in [-0.2, 0) is 4.79 Å². The summed E-state index contributed by atoms with van der Waals surface area (Å²) >= 11 is 5.65. The number of hydrogen-bond acceptors (Lipinski definition) is 3. The molecule has 5 rings (SSSR count). The van der Waals surface area contributed by atoms with E-state index < -0.39 is 6.10 Å². The quantitative estimate of drug-likeness (QED) is 0.653. The first-order valence-electron chi connectivity index (χ1n) is 9.87. The maximum absolute atomic E-state index is 13.3. The number of nitrogens with one attached hydrogen (secondary N) is 2. The number of anilines is 2. The average molecular weight is 377 g/mol. The van der Waals surface area contributed by atoms with Gasteiger partial charge in [-0.25, -0.2) is 0 Å². The highest BCUT2D eigenvalue weighted by molar-refractivity contribution is 6.18. The van der Waals surface area contributed by atoms with Crippen molar-refractivity contribution in [1.82, 2.24) is 0 Å². The molecule has 0 spiro atoms. The molecule has 3 N–H and O–H groups in total. The standard InChI is InChI=1S/C21H29ClN2O2/c1-13-2-3-17(23-12-18(25)11-22)7-19(13)24-20(26)21-8-14-4-15(9-21)6-16(5-14)10-21/h2-3,7,14-16,18,23,25H,4-6,8-12H2,1H3,(H,24,26). The number of hydrogen-bond donors (Lipinski definition) is 3. The third kappa shape index (κ3) is 3.46. The molecule has 0 aromatic heterocycles. The number of carbonyl (C=O) groups is 1. The van der Waals surface area contributed by atoms with Crippen molar-refractivity contribution < 1.29 is 9.90 Å². The molecule has 4 fully saturated rings. The largest absolute Gasteiger partial charge is 0.390 e. The maximum atomic E-state index is 13.3. The Morgan fingerprint density at radius 1 is 1.23 bits per heavy atom. The molecule has 0 aliphatic heterocycles. The van der Waals surface area contributed by atoms with Crippen LogP contribution in [0.25, 0.3) is 0 Å². The predicted molar refractivity (Wildman–Crippen MR) is 106 cm³/mol. The fourth-order valence-electron chi connectivity index (χ4n) is 5.80. The van der Waals surface area contributed by atoms with E-state index in [2.05, 4.69) is 10.6 Å². The Morgan fingerprint density at radius 2 is 1.85 bits per heavy atom. The van der Waals surface area contributed by atoms with Gasteiger partial charge in [0.1, 0.15) is 0 Å². The van der Waals surface area contributed by atoms with E-state index in [0.29, 0.717) is 6.54 Å². The van der Waals surface area contributed by atoms with Crippen LogP contribution in [0.4, 0.5) is 11.4 Å². The Kier molecular flexibility index (Phi) is 4.91. The van der Waals surface area contributed by atoms with Crippen LogP contribution in [0.5, 0.6) is 0 Å². The van der Waals surface area contributed by atoms with E-state index in [4.69, 9.17) is 11.6 Å². The molecule has 1 aromatic carbocycles. The van der Waals surface area contributed by atoms with E-state index in [0.717, 1.165) is 54.0 Å². The van der Waals surface area contributed by atoms with E-state index >= 15 is 0 Å². The van der Waals surface area contributed by atoms with E-state index in [9.17, 15) is 9.90 Å². The van der Waals surface area contributed by atoms with Crippen molar-refractivity contribution in [2.45, 2.75) is 51.6 Å². The van der Waals surface area contributed by atoms with Crippen molar-refractivity contribution in [3.05, 3.63) is 23.8 Å². The average Bonchev–Trinajstić information content (AvgIpc) is 2.60. The fraction of sp³-hybridized carbons (Fsp3) is 0.667. The lowest BCUT2D eigenvalue weighted by atomic mass is 9.49. The van der Waals surface area contributed by atoms with E-state index in [-0.39, 0.29) is 17.2 Å². The number of benzene rings is 1. The van der Waals surface area contributed by atoms with Crippen molar-refractivity contribution in [3.63, 3.8) is 0 Å². The van der Waals surface area contributed by atoms with Crippen LogP contribution in [0.3, 0.4) is 0 Å². The van der Waals surface area contributed by atoms with Crippen molar-refractivity contribution in [3.8, 4) is 0 Å². The highest BCUT2D eigenvalue weighted by Crippen LogP contribution is 2.60. The number of aryl methyl sites for hydroxylation is 1. The van der Waals surface area contributed by atoms with Crippen LogP contribution < -0.4 is 10.6 Å². The molecule has 4 aliphatic carbocycles. The zero-order chi connectivity index (χ0) is 18.3. The number of alkyl halides is 1. The molecule has 4 saturated carbocycles. The second kappa shape index (κ2) is 7.05. The van der Waals surface area contributed by atoms with Gasteiger partial charge in [-0.15, -0.1) is 11.6 Å². The number of halogens is 1. The molecule has 1 atom stereocenters. The van der Waals surface area contributed by atoms with E-state index in [1.54, 1.807) is 0 Å². The summed E-state index contributed by atoms with van der Waals surface area (Å²) in [5.41, 5.74) is 2.68. The second-order valence-corrected chi connectivity index (χ2v) is 9.18. The Balaban J connectivity index is 1.47. The van der Waals surface area contributed by atoms with Crippen molar-refractivity contribution in [1.29, 1.82) is 0 Å². The van der Waals surface area contributed by atoms with Gasteiger partial charge in [0.05, 0.1) is 17.4 Å². The number of aliphatic hydroxyl groups excluding tert-OH is 1. The normalized spacial score (nSPS) is 33.1. The van der Waals surface area contributed by atoms with Crippen molar-refractivity contribution >= 4 is 28.9 Å². The minimum absolute atomic E-state index is 0.139. The zero-order valence-corrected chi connectivity index (χ0v) is 16.2. The molecule has 0 heterocycles. The first kappa shape index (κ1) is 18.1. The molecule has 1 unspecified atom stereocenters. The van der Waals surface area contributed by atoms with Crippen LogP contribution in [0.1, 0.15) is 44.1 Å². The minimum atomic E-state index is -0.581. The summed E-state index contributed by atoms with van der Waals surface area (Å²) in [6.07, 6.45) is 6.66. The molecular weight excluding hydrogens is 348 g/mol. The van der Waals surface area contributed by atoms with Gasteiger partial charge in [-0.05, 0) is 80.9 Å². The SMILES string of the molecule is Cc1ccc(NCC(O)CCl)cc1NC(=O)C12CC3CC(CC(C3)C1)C2. The number of carbonyl (C=O) groups excluding carboxylic acids is 1. The van der Waals surface area contributed by atoms with Crippen LogP contribution in [0.2, 0.25) is 0 Å². The smallest absolute Gasteiger partial charge is 0.230 e. The van der Waals surface area contributed by atoms with Gasteiger partial charge in [0, 0.05) is 17.9 Å². The number of aliphatic hydroxyl groups is 1. The predicted octanol–water partition coefficient (Wildman–Crippen LogP) is 4.16. The van der Waals surface area contributed by atoms with Gasteiger partial charge in [0.2, 0.25) is 5.91 Å². The van der Waals surface area contributed by atoms with Gasteiger partial charge in [0.15, 0.2) is 0 Å². The molecular formula is C21H29ClN2O2. The molecule has 0 saturated heterocycles. The Bertz CT molecular complexity index is 655. The van der Waals surface area contributed by atoms with Crippen LogP contribution in [0, 0.1) is 30.1 Å². The highest BCUT2D eigenvalue weighted by Gasteiger charge is 2.54. The summed E-state index contributed by atoms with van der Waals surface area (Å²) in [7, 11) is 0. The summed E-state index contributed by atoms with van der Waals surface area (Å²) in [5, 5.41) is 16.0. The summed E-state index contributed by atoms with van der Waals surface area (Å²) in [5.74, 6) is 2.71. The van der Waals surface area contributed by atoms with E-state index in [1.807, 2.05) is 25.1 Å². The molecule has 0 radical (unpaired) electrons. The lowest BCUT2D eigenvalue weighted by molar-refractivity contribution is -0.140. The molecule has 4 nitrogen and oxygen atoms in total. The third-order valence-electron chi connectivity index (χ3n) is 6.73. The zero-order valence-electron chi connectivity index (χ0n) is 15.4. The second-order valence-electron chi connectivity index (χ2n) is 8.87. The van der Waals surface area contributed by atoms with Gasteiger partial charge in [-0.1, -0.05) is 6.07 Å². The summed E-state index contributed by atoms with van der Waals surface area (Å²) in [6, 6.07) is 5.94. The minimum Gasteiger partial charge on any atom is -0.390 e. The summed E-state index contributed by atoms with van der Waals surface area (Å²) in [4.78, 5) is 13.3. The number of amides is 1. The monoisotopic (exact) mass is 376 g/mol. The molecule has 5 heteroatoms. The van der Waals surface area contributed by atoms with Crippen LogP contribution in [0.15, 0.2) is 18.2 Å². The van der Waals surface area contributed by atoms with Gasteiger partial charge in [0.25, 0.3) is 0 Å². The summed E-state index contributed by atoms with van der Waals surface area (Å²) < 4.78 is 0. The van der Waals surface area contributed by atoms with Crippen LogP contribution >= 0.6 is 11.6 Å². The van der Waals surface area contributed by atoms with Gasteiger partial charge in [-0.2, -0.15) is 0 Å². The third-order valence-corrected chi connectivity index (χ3v) is 7.08. The van der Waals surface area contributed by atoms with Crippen molar-refractivity contribution in [2.75, 3.05) is 23.1 Å². The molecule has 1 aromatic rings. The van der Waals surface area contributed by atoms with Gasteiger partial charge < -0.3 is 15.7 Å². The highest BCUT2D eigenvalue weighted by atomic mass is 35.5. The maximum Gasteiger partial charge on any atom is 0.230 e. The Hall–Kier alpha value is -1.26. The Labute approximate surface area is 160 Å². The molecule has 4 aliphatic rings. The lowest BCUT2D eigenvalue weighted by Gasteiger charge is -2.55. The van der Waals surface area contributed by atoms with Crippen molar-refractivity contribution in [2.24, 2.45) is 23.2 Å². The first-order valence-corrected chi connectivity index (χ1v) is 10.4. The molecule has 142 valence electrons. The first-order chi connectivity index (χ1) is 12.5. The topological polar surface area (TPSA) is 61.4 Å². The number of rotatable bonds is 6. The van der Waals surface area contributed by atoms with Crippen LogP contribution in [-0.4, -0.2) is 29.5 Å². The van der Waals surface area contributed by atoms with Gasteiger partial charge >= 0.3 is 0 Å². The Morgan fingerprint density at radius 3 is 2.42 bits per heavy atom. The molecule has 4 bridgehead atoms. The summed E-state index contributed by atoms with van der Waals surface area (Å²) in [6.45, 7) is 2.42. The molecule has 1 amide bonds. The lowest BCUT2D eigenvalue weighted by Crippen LogP contribution is -2.51. The fourth-order valence-corrected chi connectivity index (χ4v) is 5.91. The molecule has 26 heavy (non-hydrogen) atoms. The van der Waals surface area contributed by atoms with E-state index in [1.165, 1.54) is 19.3 Å².